The van der Waals surface area contributed by atoms with Crippen molar-refractivity contribution in [2.24, 2.45) is 5.10 Å². The second-order valence-corrected chi connectivity index (χ2v) is 9.73. The number of methoxy groups -OCH3 is 1. The van der Waals surface area contributed by atoms with Crippen LogP contribution >= 0.6 is 22.9 Å². The summed E-state index contributed by atoms with van der Waals surface area (Å²) >= 11 is 7.32. The lowest BCUT2D eigenvalue weighted by Gasteiger charge is -2.10. The van der Waals surface area contributed by atoms with Crippen molar-refractivity contribution in [2.45, 2.75) is 26.2 Å². The summed E-state index contributed by atoms with van der Waals surface area (Å²) in [5, 5.41) is 6.86. The highest BCUT2D eigenvalue weighted by atomic mass is 35.5. The van der Waals surface area contributed by atoms with Crippen molar-refractivity contribution in [3.63, 3.8) is 0 Å². The number of hydrogen-bond donors (Lipinski definition) is 2. The van der Waals surface area contributed by atoms with Gasteiger partial charge in [-0.3, -0.25) is 9.59 Å². The molecule has 0 unspecified atom stereocenters. The van der Waals surface area contributed by atoms with Crippen LogP contribution < -0.4 is 20.2 Å². The summed E-state index contributed by atoms with van der Waals surface area (Å²) in [6.07, 6.45) is 3.73. The SMILES string of the molecule is CCOC(=O)c1c(NC(=O)C(=O)NN=Cc2ccc(OC(=O)c3ccccc3Cl)c(OC)c2)sc2c1CCC2. The molecule has 1 aliphatic carbocycles. The Labute approximate surface area is 232 Å². The zero-order chi connectivity index (χ0) is 27.9. The number of carbonyl (C=O) groups is 4. The summed E-state index contributed by atoms with van der Waals surface area (Å²) in [6, 6.07) is 11.1. The van der Waals surface area contributed by atoms with Gasteiger partial charge in [0.2, 0.25) is 0 Å². The Morgan fingerprint density at radius 1 is 1.05 bits per heavy atom. The van der Waals surface area contributed by atoms with Crippen LogP contribution in [-0.2, 0) is 27.2 Å². The van der Waals surface area contributed by atoms with Gasteiger partial charge >= 0.3 is 23.8 Å². The van der Waals surface area contributed by atoms with Crippen molar-refractivity contribution in [3.8, 4) is 11.5 Å². The van der Waals surface area contributed by atoms with Gasteiger partial charge in [0.25, 0.3) is 0 Å². The average molecular weight is 570 g/mol. The van der Waals surface area contributed by atoms with Crippen molar-refractivity contribution in [3.05, 3.63) is 74.6 Å². The molecular weight excluding hydrogens is 546 g/mol. The zero-order valence-electron chi connectivity index (χ0n) is 21.0. The third-order valence-electron chi connectivity index (χ3n) is 5.70. The van der Waals surface area contributed by atoms with Crippen molar-refractivity contribution in [1.82, 2.24) is 5.43 Å². The number of nitrogens with one attached hydrogen (secondary N) is 2. The Hall–Kier alpha value is -4.22. The number of aryl methyl sites for hydroxylation is 1. The van der Waals surface area contributed by atoms with Crippen molar-refractivity contribution in [1.29, 1.82) is 0 Å². The van der Waals surface area contributed by atoms with Gasteiger partial charge in [0.15, 0.2) is 11.5 Å². The molecular formula is C27H24ClN3O7S. The second kappa shape index (κ2) is 12.5. The number of hydrazone groups is 1. The van der Waals surface area contributed by atoms with Gasteiger partial charge in [-0.25, -0.2) is 15.0 Å². The number of rotatable bonds is 8. The molecule has 0 spiro atoms. The molecule has 1 aliphatic rings. The summed E-state index contributed by atoms with van der Waals surface area (Å²) in [7, 11) is 1.40. The molecule has 0 atom stereocenters. The van der Waals surface area contributed by atoms with Gasteiger partial charge in [-0.2, -0.15) is 5.10 Å². The molecule has 0 bridgehead atoms. The highest BCUT2D eigenvalue weighted by molar-refractivity contribution is 7.17. The number of carbonyl (C=O) groups excluding carboxylic acids is 4. The summed E-state index contributed by atoms with van der Waals surface area (Å²) in [6.45, 7) is 1.90. The van der Waals surface area contributed by atoms with E-state index < -0.39 is 23.8 Å². The number of ether oxygens (including phenoxy) is 3. The van der Waals surface area contributed by atoms with Crippen LogP contribution in [0, 0.1) is 0 Å². The van der Waals surface area contributed by atoms with E-state index in [2.05, 4.69) is 15.8 Å². The third kappa shape index (κ3) is 6.44. The van der Waals surface area contributed by atoms with E-state index in [4.69, 9.17) is 25.8 Å². The lowest BCUT2D eigenvalue weighted by molar-refractivity contribution is -0.136. The van der Waals surface area contributed by atoms with E-state index in [1.807, 2.05) is 0 Å². The quantitative estimate of drug-likeness (QED) is 0.135. The Morgan fingerprint density at radius 3 is 2.59 bits per heavy atom. The maximum Gasteiger partial charge on any atom is 0.345 e. The maximum absolute atomic E-state index is 12.5. The number of esters is 2. The average Bonchev–Trinajstić information content (AvgIpc) is 3.50. The van der Waals surface area contributed by atoms with Crippen LogP contribution in [0.1, 0.15) is 50.1 Å². The Bertz CT molecular complexity index is 1470. The van der Waals surface area contributed by atoms with Crippen molar-refractivity contribution < 1.29 is 33.4 Å². The first-order chi connectivity index (χ1) is 18.8. The van der Waals surface area contributed by atoms with Crippen LogP contribution in [0.2, 0.25) is 5.02 Å². The van der Waals surface area contributed by atoms with Gasteiger partial charge in [-0.15, -0.1) is 11.3 Å². The van der Waals surface area contributed by atoms with Gasteiger partial charge < -0.3 is 19.5 Å². The summed E-state index contributed by atoms with van der Waals surface area (Å²) in [4.78, 5) is 50.7. The molecule has 1 aromatic heterocycles. The first kappa shape index (κ1) is 27.8. The maximum atomic E-state index is 12.5. The van der Waals surface area contributed by atoms with E-state index in [-0.39, 0.29) is 33.7 Å². The number of hydrogen-bond acceptors (Lipinski definition) is 9. The minimum atomic E-state index is -1.02. The number of anilines is 1. The fourth-order valence-corrected chi connectivity index (χ4v) is 5.40. The highest BCUT2D eigenvalue weighted by Crippen LogP contribution is 2.39. The monoisotopic (exact) mass is 569 g/mol. The number of benzene rings is 2. The third-order valence-corrected chi connectivity index (χ3v) is 7.23. The topological polar surface area (TPSA) is 132 Å². The van der Waals surface area contributed by atoms with E-state index in [9.17, 15) is 19.2 Å². The molecule has 202 valence electrons. The smallest absolute Gasteiger partial charge is 0.345 e. The molecule has 12 heteroatoms. The molecule has 2 N–H and O–H groups in total. The predicted molar refractivity (Wildman–Crippen MR) is 146 cm³/mol. The summed E-state index contributed by atoms with van der Waals surface area (Å²) in [5.74, 6) is -2.78. The first-order valence-corrected chi connectivity index (χ1v) is 13.1. The normalized spacial score (nSPS) is 12.1. The second-order valence-electron chi connectivity index (χ2n) is 8.21. The molecule has 0 aliphatic heterocycles. The van der Waals surface area contributed by atoms with Crippen LogP contribution in [0.3, 0.4) is 0 Å². The molecule has 3 aromatic rings. The Balaban J connectivity index is 1.39. The summed E-state index contributed by atoms with van der Waals surface area (Å²) < 4.78 is 15.8. The van der Waals surface area contributed by atoms with Gasteiger partial charge in [-0.05, 0) is 67.6 Å². The molecule has 1 heterocycles. The van der Waals surface area contributed by atoms with E-state index >= 15 is 0 Å². The number of halogens is 1. The van der Waals surface area contributed by atoms with Crippen molar-refractivity contribution in [2.75, 3.05) is 19.0 Å². The van der Waals surface area contributed by atoms with Crippen molar-refractivity contribution >= 4 is 57.9 Å². The van der Waals surface area contributed by atoms with Gasteiger partial charge in [0, 0.05) is 4.88 Å². The molecule has 2 amide bonds. The molecule has 0 radical (unpaired) electrons. The first-order valence-electron chi connectivity index (χ1n) is 11.9. The van der Waals surface area contributed by atoms with Gasteiger partial charge in [0.05, 0.1) is 36.1 Å². The van der Waals surface area contributed by atoms with Crippen LogP contribution in [0.4, 0.5) is 5.00 Å². The van der Waals surface area contributed by atoms with Crippen LogP contribution in [-0.4, -0.2) is 43.7 Å². The van der Waals surface area contributed by atoms with Gasteiger partial charge in [-0.1, -0.05) is 23.7 Å². The molecule has 10 nitrogen and oxygen atoms in total. The Kier molecular flexibility index (Phi) is 8.95. The lowest BCUT2D eigenvalue weighted by atomic mass is 10.1. The lowest BCUT2D eigenvalue weighted by Crippen LogP contribution is -2.32. The fraction of sp³-hybridized carbons (Fsp3) is 0.222. The Morgan fingerprint density at radius 2 is 1.85 bits per heavy atom. The fourth-order valence-electron chi connectivity index (χ4n) is 3.92. The number of amides is 2. The zero-order valence-corrected chi connectivity index (χ0v) is 22.6. The predicted octanol–water partition coefficient (Wildman–Crippen LogP) is 4.38. The van der Waals surface area contributed by atoms with Crippen LogP contribution in [0.15, 0.2) is 47.6 Å². The van der Waals surface area contributed by atoms with E-state index in [0.717, 1.165) is 23.3 Å². The van der Waals surface area contributed by atoms with Gasteiger partial charge in [0.1, 0.15) is 5.00 Å². The number of fused-ring (bicyclic) bond motifs is 1. The standard InChI is InChI=1S/C27H24ClN3O7S/c1-3-37-27(35)22-17-8-6-10-21(17)39-25(22)30-23(32)24(33)31-29-14-15-11-12-19(20(13-15)36-2)38-26(34)16-7-4-5-9-18(16)28/h4-5,7,9,11-14H,3,6,8,10H2,1-2H3,(H,30,32)(H,31,33). The number of thiophene rings is 1. The molecule has 39 heavy (non-hydrogen) atoms. The largest absolute Gasteiger partial charge is 0.493 e. The number of nitrogens with zero attached hydrogens (tertiary/aromatic N) is 1. The van der Waals surface area contributed by atoms with E-state index in [1.54, 1.807) is 37.3 Å². The molecule has 0 saturated carbocycles. The molecule has 2 aromatic carbocycles. The van der Waals surface area contributed by atoms with E-state index in [1.165, 1.54) is 36.8 Å². The molecule has 4 rings (SSSR count). The summed E-state index contributed by atoms with van der Waals surface area (Å²) in [5.41, 5.74) is 4.02. The van der Waals surface area contributed by atoms with Crippen LogP contribution in [0.25, 0.3) is 0 Å². The highest BCUT2D eigenvalue weighted by Gasteiger charge is 2.29. The minimum Gasteiger partial charge on any atom is -0.493 e. The molecule has 0 fully saturated rings. The van der Waals surface area contributed by atoms with E-state index in [0.29, 0.717) is 17.5 Å². The minimum absolute atomic E-state index is 0.156. The molecule has 0 saturated heterocycles. The van der Waals surface area contributed by atoms with Crippen LogP contribution in [0.5, 0.6) is 11.5 Å².